The number of alkyl halides is 2. The first-order valence-electron chi connectivity index (χ1n) is 6.70. The van der Waals surface area contributed by atoms with Gasteiger partial charge >= 0.3 is 5.92 Å². The summed E-state index contributed by atoms with van der Waals surface area (Å²) in [5.74, 6) is -5.18. The molecule has 0 spiro atoms. The van der Waals surface area contributed by atoms with Crippen molar-refractivity contribution < 1.29 is 18.7 Å². The maximum atomic E-state index is 13.9. The SMILES string of the molecule is CCc1nn(C)cc1CNC(=O)C(F)(F)C1(O)CCC1. The van der Waals surface area contributed by atoms with Gasteiger partial charge < -0.3 is 10.4 Å². The normalized spacial score (nSPS) is 17.6. The van der Waals surface area contributed by atoms with Gasteiger partial charge in [-0.2, -0.15) is 13.9 Å². The molecule has 2 N–H and O–H groups in total. The number of aromatic nitrogens is 2. The second-order valence-corrected chi connectivity index (χ2v) is 5.27. The van der Waals surface area contributed by atoms with Crippen LogP contribution in [0.3, 0.4) is 0 Å². The van der Waals surface area contributed by atoms with Crippen LogP contribution >= 0.6 is 0 Å². The molecule has 1 aromatic rings. The molecular formula is C13H19F2N3O2. The van der Waals surface area contributed by atoms with E-state index >= 15 is 0 Å². The Labute approximate surface area is 116 Å². The average molecular weight is 287 g/mol. The number of nitrogens with zero attached hydrogens (tertiary/aromatic N) is 2. The molecule has 112 valence electrons. The lowest BCUT2D eigenvalue weighted by molar-refractivity contribution is -0.216. The minimum Gasteiger partial charge on any atom is -0.383 e. The van der Waals surface area contributed by atoms with Crippen LogP contribution in [0.15, 0.2) is 6.20 Å². The smallest absolute Gasteiger partial charge is 0.352 e. The maximum absolute atomic E-state index is 13.9. The Balaban J connectivity index is 2.01. The molecule has 0 unspecified atom stereocenters. The van der Waals surface area contributed by atoms with Gasteiger partial charge in [-0.25, -0.2) is 0 Å². The third-order valence-corrected chi connectivity index (χ3v) is 3.82. The average Bonchev–Trinajstić information content (AvgIpc) is 2.73. The van der Waals surface area contributed by atoms with Gasteiger partial charge in [0, 0.05) is 25.4 Å². The first kappa shape index (κ1) is 14.9. The summed E-state index contributed by atoms with van der Waals surface area (Å²) in [5.41, 5.74) is -0.710. The molecule has 0 aliphatic heterocycles. The molecule has 0 saturated heterocycles. The van der Waals surface area contributed by atoms with E-state index < -0.39 is 17.4 Å². The van der Waals surface area contributed by atoms with Gasteiger partial charge in [0.25, 0.3) is 5.91 Å². The zero-order valence-electron chi connectivity index (χ0n) is 11.6. The highest BCUT2D eigenvalue weighted by Crippen LogP contribution is 2.44. The molecule has 1 saturated carbocycles. The van der Waals surface area contributed by atoms with Gasteiger partial charge in [0.1, 0.15) is 5.60 Å². The predicted molar refractivity (Wildman–Crippen MR) is 68.2 cm³/mol. The molecule has 0 radical (unpaired) electrons. The van der Waals surface area contributed by atoms with Gasteiger partial charge in [-0.05, 0) is 25.7 Å². The molecular weight excluding hydrogens is 268 g/mol. The molecule has 1 fully saturated rings. The second kappa shape index (κ2) is 5.12. The zero-order valence-corrected chi connectivity index (χ0v) is 11.6. The lowest BCUT2D eigenvalue weighted by Crippen LogP contribution is -2.60. The van der Waals surface area contributed by atoms with Crippen LogP contribution in [0, 0.1) is 0 Å². The Kier molecular flexibility index (Phi) is 3.82. The Hall–Kier alpha value is -1.50. The molecule has 1 aliphatic carbocycles. The van der Waals surface area contributed by atoms with Gasteiger partial charge in [-0.3, -0.25) is 9.48 Å². The first-order valence-corrected chi connectivity index (χ1v) is 6.70. The Morgan fingerprint density at radius 1 is 1.60 bits per heavy atom. The van der Waals surface area contributed by atoms with Gasteiger partial charge in [0.2, 0.25) is 0 Å². The number of amides is 1. The van der Waals surface area contributed by atoms with E-state index in [1.807, 2.05) is 6.92 Å². The Bertz CT molecular complexity index is 510. The third-order valence-electron chi connectivity index (χ3n) is 3.82. The van der Waals surface area contributed by atoms with E-state index in [2.05, 4.69) is 10.4 Å². The summed E-state index contributed by atoms with van der Waals surface area (Å²) in [6.07, 6.45) is 2.78. The molecule has 7 heteroatoms. The van der Waals surface area contributed by atoms with Crippen molar-refractivity contribution >= 4 is 5.91 Å². The fraction of sp³-hybridized carbons (Fsp3) is 0.692. The van der Waals surface area contributed by atoms with E-state index in [0.29, 0.717) is 18.4 Å². The summed E-state index contributed by atoms with van der Waals surface area (Å²) in [7, 11) is 1.73. The predicted octanol–water partition coefficient (Wildman–Crippen LogP) is 1.15. The number of hydrogen-bond acceptors (Lipinski definition) is 3. The monoisotopic (exact) mass is 287 g/mol. The fourth-order valence-electron chi connectivity index (χ4n) is 2.35. The molecule has 0 bridgehead atoms. The minimum atomic E-state index is -3.75. The Morgan fingerprint density at radius 3 is 2.75 bits per heavy atom. The van der Waals surface area contributed by atoms with Crippen molar-refractivity contribution in [2.45, 2.75) is 50.7 Å². The highest BCUT2D eigenvalue weighted by atomic mass is 19.3. The number of aryl methyl sites for hydroxylation is 2. The standard InChI is InChI=1S/C13H19F2N3O2/c1-3-10-9(8-18(2)17-10)7-16-11(19)13(14,15)12(20)5-4-6-12/h8,20H,3-7H2,1-2H3,(H,16,19). The fourth-order valence-corrected chi connectivity index (χ4v) is 2.35. The van der Waals surface area contributed by atoms with E-state index in [1.165, 1.54) is 0 Å². The number of carbonyl (C=O) groups is 1. The molecule has 1 heterocycles. The lowest BCUT2D eigenvalue weighted by Gasteiger charge is -2.41. The maximum Gasteiger partial charge on any atom is 0.352 e. The molecule has 1 aromatic heterocycles. The van der Waals surface area contributed by atoms with Crippen molar-refractivity contribution in [1.29, 1.82) is 0 Å². The summed E-state index contributed by atoms with van der Waals surface area (Å²) >= 11 is 0. The molecule has 5 nitrogen and oxygen atoms in total. The Morgan fingerprint density at radius 2 is 2.25 bits per heavy atom. The van der Waals surface area contributed by atoms with Crippen molar-refractivity contribution in [3.8, 4) is 0 Å². The topological polar surface area (TPSA) is 67.2 Å². The van der Waals surface area contributed by atoms with Crippen molar-refractivity contribution in [2.24, 2.45) is 7.05 Å². The molecule has 20 heavy (non-hydrogen) atoms. The largest absolute Gasteiger partial charge is 0.383 e. The first-order chi connectivity index (χ1) is 9.30. The zero-order chi connectivity index (χ0) is 15.0. The van der Waals surface area contributed by atoms with Crippen LogP contribution in [0.2, 0.25) is 0 Å². The van der Waals surface area contributed by atoms with Crippen LogP contribution in [-0.4, -0.2) is 32.3 Å². The van der Waals surface area contributed by atoms with Crippen LogP contribution in [0.5, 0.6) is 0 Å². The summed E-state index contributed by atoms with van der Waals surface area (Å²) in [4.78, 5) is 11.6. The van der Waals surface area contributed by atoms with Crippen LogP contribution in [0.25, 0.3) is 0 Å². The number of halogens is 2. The summed E-state index contributed by atoms with van der Waals surface area (Å²) in [6.45, 7) is 1.89. The number of nitrogens with one attached hydrogen (secondary N) is 1. The van der Waals surface area contributed by atoms with Gasteiger partial charge in [0.05, 0.1) is 5.69 Å². The molecule has 0 atom stereocenters. The third kappa shape index (κ3) is 2.42. The summed E-state index contributed by atoms with van der Waals surface area (Å²) < 4.78 is 29.3. The molecule has 1 aliphatic rings. The minimum absolute atomic E-state index is 0.0124. The van der Waals surface area contributed by atoms with E-state index in [0.717, 1.165) is 5.69 Å². The lowest BCUT2D eigenvalue weighted by atomic mass is 9.75. The summed E-state index contributed by atoms with van der Waals surface area (Å²) in [6, 6.07) is 0. The van der Waals surface area contributed by atoms with Crippen molar-refractivity contribution in [2.75, 3.05) is 0 Å². The van der Waals surface area contributed by atoms with E-state index in [-0.39, 0.29) is 19.4 Å². The van der Waals surface area contributed by atoms with Crippen molar-refractivity contribution in [3.63, 3.8) is 0 Å². The van der Waals surface area contributed by atoms with Gasteiger partial charge in [-0.1, -0.05) is 6.92 Å². The van der Waals surface area contributed by atoms with Crippen LogP contribution in [-0.2, 0) is 24.8 Å². The van der Waals surface area contributed by atoms with E-state index in [4.69, 9.17) is 0 Å². The molecule has 1 amide bonds. The van der Waals surface area contributed by atoms with Crippen LogP contribution < -0.4 is 5.32 Å². The quantitative estimate of drug-likeness (QED) is 0.853. The van der Waals surface area contributed by atoms with E-state index in [1.54, 1.807) is 17.9 Å². The van der Waals surface area contributed by atoms with Crippen molar-refractivity contribution in [3.05, 3.63) is 17.5 Å². The van der Waals surface area contributed by atoms with Crippen molar-refractivity contribution in [1.82, 2.24) is 15.1 Å². The number of aliphatic hydroxyl groups is 1. The number of hydrogen-bond donors (Lipinski definition) is 2. The van der Waals surface area contributed by atoms with Gasteiger partial charge in [-0.15, -0.1) is 0 Å². The van der Waals surface area contributed by atoms with Gasteiger partial charge in [0.15, 0.2) is 0 Å². The second-order valence-electron chi connectivity index (χ2n) is 5.27. The molecule has 2 rings (SSSR count). The van der Waals surface area contributed by atoms with E-state index in [9.17, 15) is 18.7 Å². The number of rotatable bonds is 5. The highest BCUT2D eigenvalue weighted by Gasteiger charge is 2.61. The van der Waals surface area contributed by atoms with Crippen LogP contribution in [0.1, 0.15) is 37.4 Å². The summed E-state index contributed by atoms with van der Waals surface area (Å²) in [5, 5.41) is 16.1. The molecule has 0 aromatic carbocycles. The number of carbonyl (C=O) groups excluding carboxylic acids is 1. The highest BCUT2D eigenvalue weighted by molar-refractivity contribution is 5.85. The van der Waals surface area contributed by atoms with Crippen LogP contribution in [0.4, 0.5) is 8.78 Å².